The number of alkyl halides is 18. The molecule has 0 radical (unpaired) electrons. The molecule has 26 heteroatoms. The number of phenolic OH excluding ortho intramolecular Hbond substituents is 2. The molecule has 368 valence electrons. The molecule has 1 saturated carbocycles. The van der Waals surface area contributed by atoms with Crippen LogP contribution >= 0.6 is 0 Å². The van der Waals surface area contributed by atoms with E-state index in [0.29, 0.717) is 11.5 Å². The quantitative estimate of drug-likeness (QED) is 0.181. The van der Waals surface area contributed by atoms with Gasteiger partial charge in [0.05, 0.1) is 12.1 Å². The number of hydrogen-bond donors (Lipinski definition) is 4. The van der Waals surface area contributed by atoms with E-state index in [4.69, 9.17) is 20.2 Å². The van der Waals surface area contributed by atoms with E-state index in [2.05, 4.69) is 67.5 Å². The van der Waals surface area contributed by atoms with Crippen molar-refractivity contribution in [2.45, 2.75) is 152 Å². The number of rotatable bonds is 4. The normalized spacial score (nSPS) is 17.5. The number of aryl methyl sites for hydroxylation is 2. The number of phenols is 2. The Balaban J connectivity index is 0. The van der Waals surface area contributed by atoms with Crippen LogP contribution in [0, 0.1) is 13.8 Å². The van der Waals surface area contributed by atoms with E-state index in [-0.39, 0.29) is 56.5 Å². The first kappa shape index (κ1) is 63.1. The predicted octanol–water partition coefficient (Wildman–Crippen LogP) is 12.0. The molecule has 0 amide bonds. The fraction of sp³-hybridized carbons (Fsp3) is 0.632. The Labute approximate surface area is 376 Å². The van der Waals surface area contributed by atoms with E-state index in [1.807, 2.05) is 24.6 Å². The molecule has 0 aliphatic heterocycles. The largest absolute Gasteiger partial charge is 3.00 e. The Bertz CT molecular complexity index is 1680. The number of hydrogen-bond acceptors (Lipinski definition) is 6. The van der Waals surface area contributed by atoms with Crippen LogP contribution in [0.15, 0.2) is 34.3 Å². The van der Waals surface area contributed by atoms with Gasteiger partial charge in [0, 0.05) is 34.7 Å². The maximum absolute atomic E-state index is 11.4. The Kier molecular flexibility index (Phi) is 21.1. The number of aromatic hydroxyl groups is 2. The third-order valence-corrected chi connectivity index (χ3v) is 9.15. The Hall–Kier alpha value is -2.95. The molecule has 2 atom stereocenters. The summed E-state index contributed by atoms with van der Waals surface area (Å²) in [6.07, 6.45) is -33.4. The minimum absolute atomic E-state index is 0. The van der Waals surface area contributed by atoms with Crippen molar-refractivity contribution in [1.82, 2.24) is 0 Å². The predicted molar refractivity (Wildman–Crippen MR) is 191 cm³/mol. The summed E-state index contributed by atoms with van der Waals surface area (Å²) < 4.78 is 205. The summed E-state index contributed by atoms with van der Waals surface area (Å²) in [5, 5.41) is 37.1. The van der Waals surface area contributed by atoms with Gasteiger partial charge in [0.2, 0.25) is 0 Å². The molecule has 64 heavy (non-hydrogen) atoms. The molecule has 1 fully saturated rings. The molecular formula is C38H44Co2F18N2O4+6. The minimum atomic E-state index is -6.87. The fourth-order valence-corrected chi connectivity index (χ4v) is 5.71. The van der Waals surface area contributed by atoms with Crippen LogP contribution in [0.3, 0.4) is 0 Å². The van der Waals surface area contributed by atoms with Crippen molar-refractivity contribution in [2.24, 2.45) is 9.98 Å². The first-order valence-electron chi connectivity index (χ1n) is 17.9. The summed E-state index contributed by atoms with van der Waals surface area (Å²) in [5.74, 6) is 0.634. The minimum Gasteiger partial charge on any atom is -0.507 e. The maximum Gasteiger partial charge on any atom is 3.00 e. The zero-order chi connectivity index (χ0) is 49.3. The number of halogens is 18. The van der Waals surface area contributed by atoms with Crippen molar-refractivity contribution in [3.8, 4) is 11.5 Å². The third kappa shape index (κ3) is 14.8. The van der Waals surface area contributed by atoms with Gasteiger partial charge in [-0.3, -0.25) is 9.98 Å². The van der Waals surface area contributed by atoms with Gasteiger partial charge < -0.3 is 20.4 Å². The summed E-state index contributed by atoms with van der Waals surface area (Å²) in [6, 6.07) is 8.23. The standard InChI is InChI=1S/C30H42N2O2.2C4HF9O.2Co/c1-19-13-21(27(33)23(15-19)29(3,4)5)17-31-25-11-9-10-12-26(25)32-18-22-14-20(2)16-24(28(22)34)30(6,7)8;2*5-2(6,7)1(14,3(8,9)10)4(11,12)13;;/h13-18,25-26,33-34H,9-12H2,1-8H3;2*14H;;/q;;;2*+3. The van der Waals surface area contributed by atoms with Crippen LogP contribution in [0.5, 0.6) is 11.5 Å². The van der Waals surface area contributed by atoms with Gasteiger partial charge in [-0.25, -0.2) is 0 Å². The van der Waals surface area contributed by atoms with Crippen LogP contribution in [0.2, 0.25) is 0 Å². The van der Waals surface area contributed by atoms with Gasteiger partial charge in [-0.1, -0.05) is 66.5 Å². The molecule has 2 aromatic rings. The van der Waals surface area contributed by atoms with Crippen molar-refractivity contribution >= 4 is 12.4 Å². The van der Waals surface area contributed by atoms with Crippen LogP contribution in [-0.2, 0) is 44.4 Å². The van der Waals surface area contributed by atoms with Gasteiger partial charge in [0.25, 0.3) is 0 Å². The fourth-order valence-electron chi connectivity index (χ4n) is 5.71. The summed E-state index contributed by atoms with van der Waals surface area (Å²) in [6.45, 7) is 16.8. The van der Waals surface area contributed by atoms with Gasteiger partial charge >= 0.3 is 81.8 Å². The molecule has 1 aliphatic rings. The SMILES string of the molecule is Cc1cc(C=NC2CCCCC2N=Cc2cc(C)cc(C(C)(C)C)c2O)c(O)c(C(C)(C)C)c1.OC(C(F)(F)F)(C(F)(F)F)C(F)(F)F.OC(C(F)(F)F)(C(F)(F)F)C(F)(F)F.[Co+3].[Co+3]. The summed E-state index contributed by atoms with van der Waals surface area (Å²) >= 11 is 0. The van der Waals surface area contributed by atoms with Gasteiger partial charge in [-0.15, -0.1) is 0 Å². The van der Waals surface area contributed by atoms with Crippen LogP contribution in [0.1, 0.15) is 101 Å². The molecule has 0 saturated heterocycles. The molecule has 3 rings (SSSR count). The van der Waals surface area contributed by atoms with Crippen molar-refractivity contribution in [1.29, 1.82) is 0 Å². The number of benzene rings is 2. The molecule has 1 aliphatic carbocycles. The smallest absolute Gasteiger partial charge is 0.507 e. The average Bonchev–Trinajstić information content (AvgIpc) is 3.05. The van der Waals surface area contributed by atoms with E-state index in [1.54, 1.807) is 0 Å². The van der Waals surface area contributed by atoms with Crippen molar-refractivity contribution in [2.75, 3.05) is 0 Å². The van der Waals surface area contributed by atoms with Crippen molar-refractivity contribution in [3.05, 3.63) is 57.6 Å². The Morgan fingerprint density at radius 2 is 0.672 bits per heavy atom. The molecule has 4 N–H and O–H groups in total. The molecule has 2 unspecified atom stereocenters. The second-order valence-electron chi connectivity index (χ2n) is 16.4. The summed E-state index contributed by atoms with van der Waals surface area (Å²) in [7, 11) is 0. The third-order valence-electron chi connectivity index (χ3n) is 9.15. The van der Waals surface area contributed by atoms with E-state index < -0.39 is 48.3 Å². The molecular weight excluding hydrogens is 1010 g/mol. The molecule has 0 bridgehead atoms. The zero-order valence-corrected chi connectivity index (χ0v) is 36.7. The van der Waals surface area contributed by atoms with Crippen molar-refractivity contribution in [3.63, 3.8) is 0 Å². The van der Waals surface area contributed by atoms with Crippen LogP contribution in [0.25, 0.3) is 0 Å². The first-order valence-corrected chi connectivity index (χ1v) is 17.9. The number of nitrogens with zero attached hydrogens (tertiary/aromatic N) is 2. The Morgan fingerprint density at radius 1 is 0.453 bits per heavy atom. The monoisotopic (exact) mass is 1050 g/mol. The second-order valence-corrected chi connectivity index (χ2v) is 16.4. The second kappa shape index (κ2) is 21.3. The van der Waals surface area contributed by atoms with Gasteiger partial charge in [0.1, 0.15) is 11.5 Å². The summed E-state index contributed by atoms with van der Waals surface area (Å²) in [5.41, 5.74) is -8.00. The molecule has 0 aromatic heterocycles. The van der Waals surface area contributed by atoms with Gasteiger partial charge in [-0.05, 0) is 60.8 Å². The average molecular weight is 1050 g/mol. The Morgan fingerprint density at radius 3 is 0.844 bits per heavy atom. The van der Waals surface area contributed by atoms with E-state index in [0.717, 1.165) is 59.1 Å². The zero-order valence-electron chi connectivity index (χ0n) is 34.6. The van der Waals surface area contributed by atoms with E-state index in [1.165, 1.54) is 0 Å². The van der Waals surface area contributed by atoms with Gasteiger partial charge in [-0.2, -0.15) is 79.0 Å². The van der Waals surface area contributed by atoms with E-state index in [9.17, 15) is 89.2 Å². The molecule has 6 nitrogen and oxygen atoms in total. The van der Waals surface area contributed by atoms with Crippen molar-refractivity contribution < 1.29 is 133 Å². The number of aliphatic hydroxyl groups is 2. The topological polar surface area (TPSA) is 106 Å². The van der Waals surface area contributed by atoms with Crippen LogP contribution in [0.4, 0.5) is 79.0 Å². The summed E-state index contributed by atoms with van der Waals surface area (Å²) in [4.78, 5) is 9.82. The molecule has 0 spiro atoms. The molecule has 0 heterocycles. The molecule has 2 aromatic carbocycles. The van der Waals surface area contributed by atoms with Crippen LogP contribution in [-0.4, -0.2) is 93.2 Å². The first-order chi connectivity index (χ1) is 27.3. The van der Waals surface area contributed by atoms with Gasteiger partial charge in [0.15, 0.2) is 0 Å². The maximum atomic E-state index is 11.4. The van der Waals surface area contributed by atoms with Crippen LogP contribution < -0.4 is 0 Å². The number of aliphatic imine (C=N–C) groups is 2. The van der Waals surface area contributed by atoms with E-state index >= 15 is 0 Å².